The van der Waals surface area contributed by atoms with E-state index in [9.17, 15) is 0 Å². The fourth-order valence-corrected chi connectivity index (χ4v) is 2.82. The van der Waals surface area contributed by atoms with Gasteiger partial charge in [-0.2, -0.15) is 0 Å². The molecule has 0 saturated heterocycles. The molecule has 82 valence electrons. The van der Waals surface area contributed by atoms with Crippen LogP contribution in [0.4, 0.5) is 0 Å². The van der Waals surface area contributed by atoms with Crippen molar-refractivity contribution >= 4 is 0 Å². The quantitative estimate of drug-likeness (QED) is 0.620. The summed E-state index contributed by atoms with van der Waals surface area (Å²) in [6.07, 6.45) is 9.95. The fraction of sp³-hybridized carbons (Fsp3) is 1.00. The van der Waals surface area contributed by atoms with E-state index in [0.29, 0.717) is 12.5 Å². The summed E-state index contributed by atoms with van der Waals surface area (Å²) in [5.41, 5.74) is 0. The van der Waals surface area contributed by atoms with Crippen molar-refractivity contribution in [2.75, 3.05) is 6.61 Å². The van der Waals surface area contributed by atoms with Crippen LogP contribution >= 0.6 is 0 Å². The monoisotopic (exact) mass is 196 g/mol. The molecule has 0 aromatic heterocycles. The van der Waals surface area contributed by atoms with Crippen molar-refractivity contribution < 1.29 is 5.11 Å². The predicted molar refractivity (Wildman–Crippen MR) is 59.0 cm³/mol. The van der Waals surface area contributed by atoms with Crippen LogP contribution in [0.25, 0.3) is 0 Å². The number of aliphatic hydroxyl groups excluding tert-OH is 1. The summed E-state index contributed by atoms with van der Waals surface area (Å²) in [4.78, 5) is 0. The molecular formula is C13H24O. The number of hydrogen-bond acceptors (Lipinski definition) is 1. The number of hydrogen-bond donors (Lipinski definition) is 1. The Morgan fingerprint density at radius 3 is 2.36 bits per heavy atom. The van der Waals surface area contributed by atoms with Gasteiger partial charge in [-0.3, -0.25) is 0 Å². The van der Waals surface area contributed by atoms with Gasteiger partial charge < -0.3 is 5.11 Å². The van der Waals surface area contributed by atoms with E-state index >= 15 is 0 Å². The third kappa shape index (κ3) is 2.73. The highest BCUT2D eigenvalue weighted by atomic mass is 16.3. The molecule has 2 saturated carbocycles. The van der Waals surface area contributed by atoms with Gasteiger partial charge in [0.1, 0.15) is 0 Å². The molecule has 0 bridgehead atoms. The minimum atomic E-state index is 0.442. The summed E-state index contributed by atoms with van der Waals surface area (Å²) in [7, 11) is 0. The maximum absolute atomic E-state index is 8.95. The SMILES string of the molecule is CCCCC[C@H]1C[C@H]1C[C@H]1C[C@H]1CO. The van der Waals surface area contributed by atoms with Crippen molar-refractivity contribution in [3.05, 3.63) is 0 Å². The van der Waals surface area contributed by atoms with E-state index in [-0.39, 0.29) is 0 Å². The van der Waals surface area contributed by atoms with E-state index in [1.54, 1.807) is 0 Å². The van der Waals surface area contributed by atoms with Gasteiger partial charge in [0.2, 0.25) is 0 Å². The van der Waals surface area contributed by atoms with E-state index in [4.69, 9.17) is 5.11 Å². The molecule has 14 heavy (non-hydrogen) atoms. The van der Waals surface area contributed by atoms with E-state index in [0.717, 1.165) is 17.8 Å². The van der Waals surface area contributed by atoms with Gasteiger partial charge in [0, 0.05) is 6.61 Å². The lowest BCUT2D eigenvalue weighted by atomic mass is 10.1. The first kappa shape index (κ1) is 10.5. The van der Waals surface area contributed by atoms with Crippen molar-refractivity contribution in [2.24, 2.45) is 23.7 Å². The summed E-state index contributed by atoms with van der Waals surface area (Å²) < 4.78 is 0. The van der Waals surface area contributed by atoms with Crippen LogP contribution in [0.5, 0.6) is 0 Å². The minimum Gasteiger partial charge on any atom is -0.396 e. The van der Waals surface area contributed by atoms with Gasteiger partial charge in [-0.25, -0.2) is 0 Å². The molecule has 2 aliphatic rings. The van der Waals surface area contributed by atoms with Crippen molar-refractivity contribution in [3.63, 3.8) is 0 Å². The first-order valence-corrected chi connectivity index (χ1v) is 6.46. The lowest BCUT2D eigenvalue weighted by Crippen LogP contribution is -1.91. The van der Waals surface area contributed by atoms with Gasteiger partial charge in [0.05, 0.1) is 0 Å². The van der Waals surface area contributed by atoms with Crippen LogP contribution in [0.15, 0.2) is 0 Å². The molecule has 2 rings (SSSR count). The van der Waals surface area contributed by atoms with E-state index in [1.807, 2.05) is 0 Å². The van der Waals surface area contributed by atoms with Crippen LogP contribution < -0.4 is 0 Å². The molecule has 1 N–H and O–H groups in total. The molecule has 0 spiro atoms. The topological polar surface area (TPSA) is 20.2 Å². The van der Waals surface area contributed by atoms with E-state index in [2.05, 4.69) is 6.92 Å². The maximum Gasteiger partial charge on any atom is 0.0462 e. The lowest BCUT2D eigenvalue weighted by molar-refractivity contribution is 0.266. The van der Waals surface area contributed by atoms with Crippen LogP contribution in [-0.4, -0.2) is 11.7 Å². The summed E-state index contributed by atoms with van der Waals surface area (Å²) in [6.45, 7) is 2.72. The normalized spacial score (nSPS) is 39.9. The molecule has 0 radical (unpaired) electrons. The third-order valence-electron chi connectivity index (χ3n) is 4.16. The van der Waals surface area contributed by atoms with E-state index in [1.165, 1.54) is 44.9 Å². The van der Waals surface area contributed by atoms with Crippen LogP contribution in [-0.2, 0) is 0 Å². The highest BCUT2D eigenvalue weighted by molar-refractivity contribution is 4.94. The minimum absolute atomic E-state index is 0.442. The highest BCUT2D eigenvalue weighted by Gasteiger charge is 2.44. The van der Waals surface area contributed by atoms with Gasteiger partial charge in [-0.1, -0.05) is 32.6 Å². The van der Waals surface area contributed by atoms with Crippen molar-refractivity contribution in [1.82, 2.24) is 0 Å². The van der Waals surface area contributed by atoms with Gasteiger partial charge in [0.15, 0.2) is 0 Å². The van der Waals surface area contributed by atoms with Crippen LogP contribution in [0, 0.1) is 23.7 Å². The lowest BCUT2D eigenvalue weighted by Gasteiger charge is -1.99. The fourth-order valence-electron chi connectivity index (χ4n) is 2.82. The standard InChI is InChI=1S/C13H24O/c1-2-3-4-5-10-6-11(10)7-12-8-13(12)9-14/h10-14H,2-9H2,1H3/t10-,11-,12-,13-/m0/s1. The molecule has 0 unspecified atom stereocenters. The Morgan fingerprint density at radius 2 is 1.71 bits per heavy atom. The molecule has 2 fully saturated rings. The van der Waals surface area contributed by atoms with E-state index < -0.39 is 0 Å². The maximum atomic E-state index is 8.95. The molecule has 0 heterocycles. The van der Waals surface area contributed by atoms with Gasteiger partial charge in [0.25, 0.3) is 0 Å². The summed E-state index contributed by atoms with van der Waals surface area (Å²) in [5, 5.41) is 8.95. The highest BCUT2D eigenvalue weighted by Crippen LogP contribution is 2.53. The molecule has 0 aromatic carbocycles. The summed E-state index contributed by atoms with van der Waals surface area (Å²) >= 11 is 0. The molecule has 1 heteroatoms. The second-order valence-corrected chi connectivity index (χ2v) is 5.43. The molecule has 2 aliphatic carbocycles. The first-order chi connectivity index (χ1) is 6.85. The second-order valence-electron chi connectivity index (χ2n) is 5.43. The second kappa shape index (κ2) is 4.65. The Morgan fingerprint density at radius 1 is 1.00 bits per heavy atom. The van der Waals surface area contributed by atoms with Crippen molar-refractivity contribution in [2.45, 2.75) is 51.9 Å². The van der Waals surface area contributed by atoms with Gasteiger partial charge in [-0.15, -0.1) is 0 Å². The molecule has 1 nitrogen and oxygen atoms in total. The third-order valence-corrected chi connectivity index (χ3v) is 4.16. The van der Waals surface area contributed by atoms with Crippen LogP contribution in [0.3, 0.4) is 0 Å². The molecule has 0 amide bonds. The average molecular weight is 196 g/mol. The Balaban J connectivity index is 1.50. The Labute approximate surface area is 87.9 Å². The smallest absolute Gasteiger partial charge is 0.0462 e. The average Bonchev–Trinajstić information content (AvgIpc) is 3.06. The Hall–Kier alpha value is -0.0400. The molecule has 4 atom stereocenters. The zero-order valence-electron chi connectivity index (χ0n) is 9.41. The van der Waals surface area contributed by atoms with Crippen LogP contribution in [0.2, 0.25) is 0 Å². The molecule has 0 aliphatic heterocycles. The van der Waals surface area contributed by atoms with Crippen molar-refractivity contribution in [3.8, 4) is 0 Å². The zero-order valence-corrected chi connectivity index (χ0v) is 9.41. The summed E-state index contributed by atoms with van der Waals surface area (Å²) in [5.74, 6) is 3.71. The Kier molecular flexibility index (Phi) is 3.48. The van der Waals surface area contributed by atoms with Gasteiger partial charge in [-0.05, 0) is 42.9 Å². The number of rotatable bonds is 7. The number of unbranched alkanes of at least 4 members (excludes halogenated alkanes) is 2. The number of aliphatic hydroxyl groups is 1. The Bertz CT molecular complexity index is 178. The zero-order chi connectivity index (χ0) is 9.97. The largest absolute Gasteiger partial charge is 0.396 e. The van der Waals surface area contributed by atoms with Gasteiger partial charge >= 0.3 is 0 Å². The molecular weight excluding hydrogens is 172 g/mol. The predicted octanol–water partition coefficient (Wildman–Crippen LogP) is 3.22. The van der Waals surface area contributed by atoms with Crippen LogP contribution in [0.1, 0.15) is 51.9 Å². The van der Waals surface area contributed by atoms with Crippen molar-refractivity contribution in [1.29, 1.82) is 0 Å². The molecule has 0 aromatic rings. The summed E-state index contributed by atoms with van der Waals surface area (Å²) in [6, 6.07) is 0. The first-order valence-electron chi connectivity index (χ1n) is 6.46.